The van der Waals surface area contributed by atoms with Gasteiger partial charge < -0.3 is 9.84 Å². The van der Waals surface area contributed by atoms with Crippen LogP contribution in [0, 0.1) is 0 Å². The number of ether oxygens (including phenoxy) is 1. The first-order valence-electron chi connectivity index (χ1n) is 17.3. The highest BCUT2D eigenvalue weighted by Gasteiger charge is 2.04. The number of carboxylic acids is 1. The van der Waals surface area contributed by atoms with E-state index in [1.54, 1.807) is 0 Å². The zero-order valence-electron chi connectivity index (χ0n) is 27.0. The van der Waals surface area contributed by atoms with Gasteiger partial charge in [-0.1, -0.05) is 168 Å². The lowest BCUT2D eigenvalue weighted by Gasteiger charge is -2.07. The average Bonchev–Trinajstić information content (AvgIpc) is 2.89. The molecule has 0 aliphatic rings. The first-order valence-corrected chi connectivity index (χ1v) is 17.3. The molecule has 0 saturated heterocycles. The maximum atomic E-state index is 11.3. The van der Waals surface area contributed by atoms with Crippen LogP contribution in [0.25, 0.3) is 0 Å². The Balaban J connectivity index is 0. The molecule has 39 heavy (non-hydrogen) atoms. The predicted octanol–water partition coefficient (Wildman–Crippen LogP) is 12.0. The standard InChI is InChI=1S/C19H38O2.C16H32O2/c1-4-5-6-7-8-9-10-11-12-13-14-15-16-17-19(20)21-18(2)3;1-2-3-4-5-6-7-8-9-10-11-12-13-14-15-16(17)18/h18H,4-17H2,1-3H3;2-15H2,1H3,(H,17,18). The summed E-state index contributed by atoms with van der Waals surface area (Å²) < 4.78 is 5.12. The first kappa shape index (κ1) is 40.1. The van der Waals surface area contributed by atoms with Gasteiger partial charge in [-0.3, -0.25) is 9.59 Å². The molecule has 0 aromatic rings. The smallest absolute Gasteiger partial charge is 0.306 e. The van der Waals surface area contributed by atoms with Crippen molar-refractivity contribution in [2.45, 2.75) is 214 Å². The second-order valence-electron chi connectivity index (χ2n) is 11.9. The maximum absolute atomic E-state index is 11.3. The van der Waals surface area contributed by atoms with E-state index in [2.05, 4.69) is 13.8 Å². The minimum atomic E-state index is -0.655. The number of hydrogen-bond acceptors (Lipinski definition) is 3. The normalized spacial score (nSPS) is 10.9. The second-order valence-corrected chi connectivity index (χ2v) is 11.9. The predicted molar refractivity (Wildman–Crippen MR) is 169 cm³/mol. The Hall–Kier alpha value is -1.06. The van der Waals surface area contributed by atoms with Crippen LogP contribution in [0.3, 0.4) is 0 Å². The van der Waals surface area contributed by atoms with Gasteiger partial charge in [-0.15, -0.1) is 0 Å². The van der Waals surface area contributed by atoms with E-state index in [1.807, 2.05) is 13.8 Å². The van der Waals surface area contributed by atoms with E-state index in [-0.39, 0.29) is 12.1 Å². The number of rotatable bonds is 29. The van der Waals surface area contributed by atoms with Crippen LogP contribution < -0.4 is 0 Å². The van der Waals surface area contributed by atoms with Crippen LogP contribution in [0.4, 0.5) is 0 Å². The molecule has 0 spiro atoms. The van der Waals surface area contributed by atoms with E-state index < -0.39 is 5.97 Å². The summed E-state index contributed by atoms with van der Waals surface area (Å²) in [6.07, 6.45) is 35.3. The Kier molecular flexibility index (Phi) is 35.9. The van der Waals surface area contributed by atoms with E-state index in [4.69, 9.17) is 9.84 Å². The van der Waals surface area contributed by atoms with Gasteiger partial charge in [0, 0.05) is 12.8 Å². The van der Waals surface area contributed by atoms with Crippen LogP contribution in [-0.2, 0) is 14.3 Å². The number of unbranched alkanes of at least 4 members (excludes halogenated alkanes) is 24. The van der Waals surface area contributed by atoms with Crippen LogP contribution in [0.15, 0.2) is 0 Å². The molecule has 0 rings (SSSR count). The van der Waals surface area contributed by atoms with Crippen molar-refractivity contribution in [2.24, 2.45) is 0 Å². The molecule has 0 aliphatic carbocycles. The number of hydrogen-bond donors (Lipinski definition) is 1. The monoisotopic (exact) mass is 555 g/mol. The van der Waals surface area contributed by atoms with Gasteiger partial charge in [0.05, 0.1) is 6.10 Å². The summed E-state index contributed by atoms with van der Waals surface area (Å²) >= 11 is 0. The van der Waals surface area contributed by atoms with Gasteiger partial charge in [-0.2, -0.15) is 0 Å². The molecule has 0 atom stereocenters. The van der Waals surface area contributed by atoms with Gasteiger partial charge in [0.25, 0.3) is 0 Å². The van der Waals surface area contributed by atoms with Crippen molar-refractivity contribution in [3.05, 3.63) is 0 Å². The molecule has 0 aliphatic heterocycles. The van der Waals surface area contributed by atoms with Crippen LogP contribution in [-0.4, -0.2) is 23.1 Å². The molecule has 4 nitrogen and oxygen atoms in total. The highest BCUT2D eigenvalue weighted by molar-refractivity contribution is 5.69. The van der Waals surface area contributed by atoms with Crippen LogP contribution in [0.5, 0.6) is 0 Å². The van der Waals surface area contributed by atoms with Gasteiger partial charge in [-0.05, 0) is 26.7 Å². The fourth-order valence-electron chi connectivity index (χ4n) is 4.90. The number of carbonyl (C=O) groups is 2. The average molecular weight is 555 g/mol. The van der Waals surface area contributed by atoms with Gasteiger partial charge in [0.2, 0.25) is 0 Å². The van der Waals surface area contributed by atoms with Crippen molar-refractivity contribution in [1.29, 1.82) is 0 Å². The minimum Gasteiger partial charge on any atom is -0.481 e. The summed E-state index contributed by atoms with van der Waals surface area (Å²) in [4.78, 5) is 21.6. The van der Waals surface area contributed by atoms with Crippen molar-refractivity contribution in [3.8, 4) is 0 Å². The molecule has 234 valence electrons. The molecule has 0 saturated carbocycles. The molecule has 0 aromatic carbocycles. The Morgan fingerprint density at radius 3 is 0.974 bits per heavy atom. The summed E-state index contributed by atoms with van der Waals surface area (Å²) in [6, 6.07) is 0. The fourth-order valence-corrected chi connectivity index (χ4v) is 4.90. The Bertz CT molecular complexity index is 489. The molecule has 0 amide bonds. The van der Waals surface area contributed by atoms with Crippen LogP contribution in [0.1, 0.15) is 207 Å². The van der Waals surface area contributed by atoms with Crippen molar-refractivity contribution in [3.63, 3.8) is 0 Å². The summed E-state index contributed by atoms with van der Waals surface area (Å²) in [5.41, 5.74) is 0. The fraction of sp³-hybridized carbons (Fsp3) is 0.943. The summed E-state index contributed by atoms with van der Waals surface area (Å²) in [5, 5.41) is 8.49. The molecule has 1 N–H and O–H groups in total. The van der Waals surface area contributed by atoms with E-state index in [0.717, 1.165) is 19.3 Å². The summed E-state index contributed by atoms with van der Waals surface area (Å²) in [5.74, 6) is -0.689. The summed E-state index contributed by atoms with van der Waals surface area (Å²) in [7, 11) is 0. The molecule has 0 heterocycles. The van der Waals surface area contributed by atoms with Crippen molar-refractivity contribution >= 4 is 11.9 Å². The molecule has 0 radical (unpaired) electrons. The van der Waals surface area contributed by atoms with Gasteiger partial charge in [-0.25, -0.2) is 0 Å². The number of esters is 1. The van der Waals surface area contributed by atoms with E-state index in [1.165, 1.54) is 148 Å². The second kappa shape index (κ2) is 35.0. The zero-order chi connectivity index (χ0) is 29.2. The number of aliphatic carboxylic acids is 1. The molecule has 0 unspecified atom stereocenters. The third-order valence-electron chi connectivity index (χ3n) is 7.35. The van der Waals surface area contributed by atoms with Gasteiger partial charge in [0.15, 0.2) is 0 Å². The lowest BCUT2D eigenvalue weighted by molar-refractivity contribution is -0.147. The van der Waals surface area contributed by atoms with Gasteiger partial charge in [0.1, 0.15) is 0 Å². The number of carboxylic acid groups (broad SMARTS) is 1. The zero-order valence-corrected chi connectivity index (χ0v) is 27.0. The minimum absolute atomic E-state index is 0.0273. The Labute approximate surface area is 244 Å². The highest BCUT2D eigenvalue weighted by Crippen LogP contribution is 2.14. The van der Waals surface area contributed by atoms with E-state index in [9.17, 15) is 9.59 Å². The highest BCUT2D eigenvalue weighted by atomic mass is 16.5. The molecule has 4 heteroatoms. The van der Waals surface area contributed by atoms with E-state index >= 15 is 0 Å². The van der Waals surface area contributed by atoms with Crippen molar-refractivity contribution < 1.29 is 19.4 Å². The summed E-state index contributed by atoms with van der Waals surface area (Å²) in [6.45, 7) is 8.34. The molecular weight excluding hydrogens is 484 g/mol. The van der Waals surface area contributed by atoms with Gasteiger partial charge >= 0.3 is 11.9 Å². The van der Waals surface area contributed by atoms with Crippen LogP contribution >= 0.6 is 0 Å². The van der Waals surface area contributed by atoms with Crippen molar-refractivity contribution in [1.82, 2.24) is 0 Å². The molecule has 0 fully saturated rings. The molecule has 0 aromatic heterocycles. The SMILES string of the molecule is CCCCCCCCCCCCCCCC(=O)O.CCCCCCCCCCCCCCCC(=O)OC(C)C. The Morgan fingerprint density at radius 2 is 0.718 bits per heavy atom. The third kappa shape index (κ3) is 41.6. The molecule has 0 bridgehead atoms. The molecular formula is C35H70O4. The maximum Gasteiger partial charge on any atom is 0.306 e. The Morgan fingerprint density at radius 1 is 0.462 bits per heavy atom. The number of carbonyl (C=O) groups excluding carboxylic acids is 1. The largest absolute Gasteiger partial charge is 0.481 e. The third-order valence-corrected chi connectivity index (χ3v) is 7.35. The lowest BCUT2D eigenvalue weighted by Crippen LogP contribution is -2.10. The van der Waals surface area contributed by atoms with Crippen LogP contribution in [0.2, 0.25) is 0 Å². The topological polar surface area (TPSA) is 63.6 Å². The van der Waals surface area contributed by atoms with E-state index in [0.29, 0.717) is 12.8 Å². The van der Waals surface area contributed by atoms with Crippen molar-refractivity contribution in [2.75, 3.05) is 0 Å². The lowest BCUT2D eigenvalue weighted by atomic mass is 10.0. The quantitative estimate of drug-likeness (QED) is 0.0737. The first-order chi connectivity index (χ1) is 18.9.